The number of fused-ring (bicyclic) bond motifs is 1. The molecule has 0 N–H and O–H groups in total. The lowest BCUT2D eigenvalue weighted by Gasteiger charge is -2.39. The highest BCUT2D eigenvalue weighted by Gasteiger charge is 2.38. The van der Waals surface area contributed by atoms with Crippen molar-refractivity contribution in [3.8, 4) is 17.2 Å². The number of ether oxygens (including phenoxy) is 3. The molecule has 4 nitrogen and oxygen atoms in total. The van der Waals surface area contributed by atoms with Crippen molar-refractivity contribution >= 4 is 5.97 Å². The SMILES string of the molecule is CCC(=O)Oc1c(C)c(C)c2c(c1C)CCC(C)(c1ccccc1OC)O2. The summed E-state index contributed by atoms with van der Waals surface area (Å²) in [5.74, 6) is 2.21. The fraction of sp³-hybridized carbons (Fsp3) is 0.435. The van der Waals surface area contributed by atoms with Crippen LogP contribution in [0, 0.1) is 20.8 Å². The first-order chi connectivity index (χ1) is 12.8. The van der Waals surface area contributed by atoms with E-state index in [2.05, 4.69) is 13.0 Å². The van der Waals surface area contributed by atoms with Gasteiger partial charge in [-0.3, -0.25) is 4.79 Å². The van der Waals surface area contributed by atoms with Gasteiger partial charge in [0.1, 0.15) is 22.8 Å². The number of carbonyl (C=O) groups excluding carboxylic acids is 1. The molecule has 0 aliphatic carbocycles. The topological polar surface area (TPSA) is 44.8 Å². The molecular weight excluding hydrogens is 340 g/mol. The van der Waals surface area contributed by atoms with Gasteiger partial charge in [-0.2, -0.15) is 0 Å². The Balaban J connectivity index is 2.07. The van der Waals surface area contributed by atoms with Crippen molar-refractivity contribution in [1.29, 1.82) is 0 Å². The highest BCUT2D eigenvalue weighted by Crippen LogP contribution is 2.48. The lowest BCUT2D eigenvalue weighted by Crippen LogP contribution is -2.35. The Labute approximate surface area is 161 Å². The van der Waals surface area contributed by atoms with Crippen molar-refractivity contribution in [2.75, 3.05) is 7.11 Å². The molecule has 0 aromatic heterocycles. The summed E-state index contributed by atoms with van der Waals surface area (Å²) in [7, 11) is 1.69. The number of rotatable bonds is 4. The number of carbonyl (C=O) groups is 1. The number of esters is 1. The summed E-state index contributed by atoms with van der Waals surface area (Å²) >= 11 is 0. The van der Waals surface area contributed by atoms with Gasteiger partial charge in [0.2, 0.25) is 0 Å². The Morgan fingerprint density at radius 3 is 2.52 bits per heavy atom. The first kappa shape index (κ1) is 19.3. The lowest BCUT2D eigenvalue weighted by molar-refractivity contribution is -0.134. The van der Waals surface area contributed by atoms with E-state index in [9.17, 15) is 4.79 Å². The van der Waals surface area contributed by atoms with Gasteiger partial charge in [-0.1, -0.05) is 25.1 Å². The zero-order chi connectivity index (χ0) is 19.8. The molecular formula is C23H28O4. The Hall–Kier alpha value is -2.49. The Morgan fingerprint density at radius 1 is 1.15 bits per heavy atom. The van der Waals surface area contributed by atoms with Crippen LogP contribution in [-0.4, -0.2) is 13.1 Å². The maximum Gasteiger partial charge on any atom is 0.310 e. The van der Waals surface area contributed by atoms with Gasteiger partial charge in [0, 0.05) is 17.5 Å². The maximum absolute atomic E-state index is 11.9. The summed E-state index contributed by atoms with van der Waals surface area (Å²) in [6, 6.07) is 8.02. The number of hydrogen-bond donors (Lipinski definition) is 0. The fourth-order valence-corrected chi connectivity index (χ4v) is 3.84. The van der Waals surface area contributed by atoms with Crippen LogP contribution in [0.1, 0.15) is 54.5 Å². The third-order valence-electron chi connectivity index (χ3n) is 5.67. The highest BCUT2D eigenvalue weighted by atomic mass is 16.5. The van der Waals surface area contributed by atoms with Crippen molar-refractivity contribution in [3.05, 3.63) is 52.1 Å². The van der Waals surface area contributed by atoms with E-state index in [0.717, 1.165) is 52.2 Å². The second-order valence-electron chi connectivity index (χ2n) is 7.37. The molecule has 0 spiro atoms. The molecule has 144 valence electrons. The number of para-hydroxylation sites is 1. The van der Waals surface area contributed by atoms with Gasteiger partial charge < -0.3 is 14.2 Å². The molecule has 0 saturated carbocycles. The molecule has 0 amide bonds. The smallest absolute Gasteiger partial charge is 0.310 e. The summed E-state index contributed by atoms with van der Waals surface area (Å²) < 4.78 is 17.8. The predicted molar refractivity (Wildman–Crippen MR) is 106 cm³/mol. The monoisotopic (exact) mass is 368 g/mol. The van der Waals surface area contributed by atoms with Crippen LogP contribution >= 0.6 is 0 Å². The zero-order valence-electron chi connectivity index (χ0n) is 17.1. The minimum atomic E-state index is -0.467. The molecule has 2 aromatic rings. The van der Waals surface area contributed by atoms with Crippen molar-refractivity contribution in [2.24, 2.45) is 0 Å². The fourth-order valence-electron chi connectivity index (χ4n) is 3.84. The van der Waals surface area contributed by atoms with E-state index in [1.54, 1.807) is 14.0 Å². The first-order valence-corrected chi connectivity index (χ1v) is 9.48. The third kappa shape index (κ3) is 3.29. The Kier molecular flexibility index (Phi) is 5.18. The van der Waals surface area contributed by atoms with Gasteiger partial charge in [-0.15, -0.1) is 0 Å². The van der Waals surface area contributed by atoms with Gasteiger partial charge in [0.15, 0.2) is 0 Å². The number of benzene rings is 2. The Morgan fingerprint density at radius 2 is 1.85 bits per heavy atom. The van der Waals surface area contributed by atoms with Crippen LogP contribution in [0.15, 0.2) is 24.3 Å². The summed E-state index contributed by atoms with van der Waals surface area (Å²) in [5.41, 5.74) is 4.69. The van der Waals surface area contributed by atoms with Gasteiger partial charge in [0.25, 0.3) is 0 Å². The molecule has 3 rings (SSSR count). The van der Waals surface area contributed by atoms with Crippen LogP contribution in [-0.2, 0) is 16.8 Å². The molecule has 1 unspecified atom stereocenters. The van der Waals surface area contributed by atoms with E-state index in [4.69, 9.17) is 14.2 Å². The van der Waals surface area contributed by atoms with Crippen LogP contribution in [0.2, 0.25) is 0 Å². The molecule has 1 atom stereocenters. The third-order valence-corrected chi connectivity index (χ3v) is 5.67. The second-order valence-corrected chi connectivity index (χ2v) is 7.37. The zero-order valence-corrected chi connectivity index (χ0v) is 17.1. The van der Waals surface area contributed by atoms with Gasteiger partial charge in [0.05, 0.1) is 7.11 Å². The molecule has 1 aliphatic rings. The number of hydrogen-bond acceptors (Lipinski definition) is 4. The van der Waals surface area contributed by atoms with Crippen molar-refractivity contribution < 1.29 is 19.0 Å². The average molecular weight is 368 g/mol. The molecule has 0 saturated heterocycles. The highest BCUT2D eigenvalue weighted by molar-refractivity contribution is 5.74. The van der Waals surface area contributed by atoms with Gasteiger partial charge >= 0.3 is 5.97 Å². The molecule has 4 heteroatoms. The van der Waals surface area contributed by atoms with Crippen molar-refractivity contribution in [3.63, 3.8) is 0 Å². The van der Waals surface area contributed by atoms with Crippen LogP contribution in [0.5, 0.6) is 17.2 Å². The molecule has 0 fully saturated rings. The normalized spacial score (nSPS) is 18.4. The van der Waals surface area contributed by atoms with E-state index in [-0.39, 0.29) is 5.97 Å². The quantitative estimate of drug-likeness (QED) is 0.551. The summed E-state index contributed by atoms with van der Waals surface area (Å²) in [5, 5.41) is 0. The van der Waals surface area contributed by atoms with Crippen LogP contribution in [0.3, 0.4) is 0 Å². The van der Waals surface area contributed by atoms with Gasteiger partial charge in [-0.05, 0) is 63.3 Å². The van der Waals surface area contributed by atoms with E-state index < -0.39 is 5.60 Å². The molecule has 1 aliphatic heterocycles. The molecule has 0 bridgehead atoms. The van der Waals surface area contributed by atoms with Crippen LogP contribution < -0.4 is 14.2 Å². The van der Waals surface area contributed by atoms with Crippen molar-refractivity contribution in [1.82, 2.24) is 0 Å². The lowest BCUT2D eigenvalue weighted by atomic mass is 9.83. The molecule has 27 heavy (non-hydrogen) atoms. The minimum Gasteiger partial charge on any atom is -0.496 e. The Bertz CT molecular complexity index is 884. The molecule has 0 radical (unpaired) electrons. The van der Waals surface area contributed by atoms with E-state index >= 15 is 0 Å². The second kappa shape index (κ2) is 7.26. The van der Waals surface area contributed by atoms with E-state index in [0.29, 0.717) is 12.2 Å². The largest absolute Gasteiger partial charge is 0.496 e. The van der Waals surface area contributed by atoms with E-state index in [1.807, 2.05) is 39.0 Å². The minimum absolute atomic E-state index is 0.212. The van der Waals surface area contributed by atoms with Crippen LogP contribution in [0.25, 0.3) is 0 Å². The summed E-state index contributed by atoms with van der Waals surface area (Å²) in [6.45, 7) is 9.95. The standard InChI is InChI=1S/C23H28O4/c1-7-20(24)26-21-14(2)15(3)22-17(16(21)4)12-13-23(5,27-22)18-10-8-9-11-19(18)25-6/h8-11H,7,12-13H2,1-6H3. The summed E-state index contributed by atoms with van der Waals surface area (Å²) in [4.78, 5) is 11.9. The van der Waals surface area contributed by atoms with Crippen LogP contribution in [0.4, 0.5) is 0 Å². The maximum atomic E-state index is 11.9. The van der Waals surface area contributed by atoms with Crippen molar-refractivity contribution in [2.45, 2.75) is 59.5 Å². The first-order valence-electron chi connectivity index (χ1n) is 9.48. The predicted octanol–water partition coefficient (Wildman–Crippen LogP) is 5.18. The molecule has 2 aromatic carbocycles. The van der Waals surface area contributed by atoms with Gasteiger partial charge in [-0.25, -0.2) is 0 Å². The molecule has 1 heterocycles. The average Bonchev–Trinajstić information content (AvgIpc) is 2.69. The summed E-state index contributed by atoms with van der Waals surface area (Å²) in [6.07, 6.45) is 2.04. The number of methoxy groups -OCH3 is 1. The van der Waals surface area contributed by atoms with E-state index in [1.165, 1.54) is 0 Å².